The number of nitrogens with zero attached hydrogens (tertiary/aromatic N) is 2. The Hall–Kier alpha value is -3.03. The lowest BCUT2D eigenvalue weighted by Gasteiger charge is -2.45. The SMILES string of the molecule is C[C@@H](c1ccc(C#N)cc1)N1CCC2(CC1)OCCc1cc(C(=O)NCc3ccc(S(C)(=O)=O)cc3)sc12. The number of benzene rings is 2. The first kappa shape index (κ1) is 26.6. The number of likely N-dealkylation sites (tertiary alicyclic amines) is 1. The van der Waals surface area contributed by atoms with Gasteiger partial charge < -0.3 is 10.1 Å². The van der Waals surface area contributed by atoms with Crippen LogP contribution in [0.1, 0.15) is 62.6 Å². The van der Waals surface area contributed by atoms with Crippen LogP contribution in [-0.4, -0.2) is 45.2 Å². The van der Waals surface area contributed by atoms with E-state index in [-0.39, 0.29) is 22.4 Å². The largest absolute Gasteiger partial charge is 0.369 e. The molecule has 1 fully saturated rings. The van der Waals surface area contributed by atoms with Crippen LogP contribution in [0.5, 0.6) is 0 Å². The van der Waals surface area contributed by atoms with Gasteiger partial charge >= 0.3 is 0 Å². The number of carbonyl (C=O) groups is 1. The molecule has 2 aromatic carbocycles. The molecule has 2 aliphatic rings. The predicted octanol–water partition coefficient (Wildman–Crippen LogP) is 4.58. The minimum atomic E-state index is -3.25. The third-order valence-corrected chi connectivity index (χ3v) is 10.2. The fourth-order valence-electron chi connectivity index (χ4n) is 5.35. The van der Waals surface area contributed by atoms with Crippen LogP contribution in [0.15, 0.2) is 59.5 Å². The highest BCUT2D eigenvalue weighted by atomic mass is 32.2. The van der Waals surface area contributed by atoms with Gasteiger partial charge in [0.1, 0.15) is 5.60 Å². The quantitative estimate of drug-likeness (QED) is 0.483. The van der Waals surface area contributed by atoms with Crippen LogP contribution >= 0.6 is 11.3 Å². The monoisotopic (exact) mass is 549 g/mol. The Labute approximate surface area is 228 Å². The van der Waals surface area contributed by atoms with E-state index in [4.69, 9.17) is 10.00 Å². The third-order valence-electron chi connectivity index (χ3n) is 7.68. The van der Waals surface area contributed by atoms with Crippen molar-refractivity contribution in [2.45, 2.75) is 49.3 Å². The summed E-state index contributed by atoms with van der Waals surface area (Å²) in [7, 11) is -3.25. The average Bonchev–Trinajstić information content (AvgIpc) is 3.38. The van der Waals surface area contributed by atoms with E-state index in [2.05, 4.69) is 23.2 Å². The topological polar surface area (TPSA) is 99.5 Å². The summed E-state index contributed by atoms with van der Waals surface area (Å²) in [5, 5.41) is 12.0. The maximum absolute atomic E-state index is 13.0. The third kappa shape index (κ3) is 5.40. The molecule has 1 atom stereocenters. The van der Waals surface area contributed by atoms with Crippen LogP contribution < -0.4 is 5.32 Å². The minimum absolute atomic E-state index is 0.126. The number of ether oxygens (including phenoxy) is 1. The summed E-state index contributed by atoms with van der Waals surface area (Å²) in [6.45, 7) is 4.97. The van der Waals surface area contributed by atoms with Gasteiger partial charge in [0, 0.05) is 36.8 Å². The van der Waals surface area contributed by atoms with Crippen molar-refractivity contribution in [3.05, 3.63) is 86.6 Å². The van der Waals surface area contributed by atoms with Gasteiger partial charge in [-0.25, -0.2) is 8.42 Å². The highest BCUT2D eigenvalue weighted by Gasteiger charge is 2.43. The van der Waals surface area contributed by atoms with Crippen molar-refractivity contribution < 1.29 is 17.9 Å². The van der Waals surface area contributed by atoms with E-state index < -0.39 is 9.84 Å². The van der Waals surface area contributed by atoms with Gasteiger partial charge in [0.05, 0.1) is 28.0 Å². The lowest BCUT2D eigenvalue weighted by Crippen LogP contribution is -2.46. The number of carbonyl (C=O) groups excluding carboxylic acids is 1. The molecule has 7 nitrogen and oxygen atoms in total. The van der Waals surface area contributed by atoms with Gasteiger partial charge in [0.2, 0.25) is 0 Å². The van der Waals surface area contributed by atoms with Crippen molar-refractivity contribution in [3.63, 3.8) is 0 Å². The van der Waals surface area contributed by atoms with Crippen molar-refractivity contribution in [1.82, 2.24) is 10.2 Å². The summed E-state index contributed by atoms with van der Waals surface area (Å²) in [5.41, 5.74) is 3.57. The molecule has 2 aliphatic heterocycles. The Morgan fingerprint density at radius 3 is 2.47 bits per heavy atom. The number of hydrogen-bond donors (Lipinski definition) is 1. The molecule has 0 bridgehead atoms. The molecule has 3 aromatic rings. The van der Waals surface area contributed by atoms with Gasteiger partial charge in [-0.2, -0.15) is 5.26 Å². The first-order valence-electron chi connectivity index (χ1n) is 12.8. The molecule has 0 aliphatic carbocycles. The Balaban J connectivity index is 1.24. The number of hydrogen-bond acceptors (Lipinski definition) is 7. The average molecular weight is 550 g/mol. The minimum Gasteiger partial charge on any atom is -0.369 e. The molecule has 38 heavy (non-hydrogen) atoms. The Morgan fingerprint density at radius 1 is 1.16 bits per heavy atom. The van der Waals surface area contributed by atoms with E-state index in [9.17, 15) is 13.2 Å². The molecule has 0 radical (unpaired) electrons. The lowest BCUT2D eigenvalue weighted by molar-refractivity contribution is -0.0994. The van der Waals surface area contributed by atoms with Gasteiger partial charge in [-0.05, 0) is 73.2 Å². The molecule has 0 unspecified atom stereocenters. The summed E-state index contributed by atoms with van der Waals surface area (Å²) in [6, 6.07) is 18.8. The van der Waals surface area contributed by atoms with Crippen LogP contribution in [0.4, 0.5) is 0 Å². The summed E-state index contributed by atoms with van der Waals surface area (Å²) < 4.78 is 29.8. The van der Waals surface area contributed by atoms with Gasteiger partial charge in [-0.1, -0.05) is 24.3 Å². The summed E-state index contributed by atoms with van der Waals surface area (Å²) in [4.78, 5) is 17.6. The number of piperidine rings is 1. The van der Waals surface area contributed by atoms with Crippen molar-refractivity contribution in [2.24, 2.45) is 0 Å². The molecule has 9 heteroatoms. The van der Waals surface area contributed by atoms with E-state index in [0.29, 0.717) is 23.6 Å². The van der Waals surface area contributed by atoms with Gasteiger partial charge in [-0.3, -0.25) is 9.69 Å². The second kappa shape index (κ2) is 10.6. The predicted molar refractivity (Wildman–Crippen MR) is 147 cm³/mol. The van der Waals surface area contributed by atoms with E-state index >= 15 is 0 Å². The molecule has 1 saturated heterocycles. The molecule has 1 amide bonds. The molecule has 1 spiro atoms. The van der Waals surface area contributed by atoms with Crippen molar-refractivity contribution in [1.29, 1.82) is 5.26 Å². The van der Waals surface area contributed by atoms with E-state index in [1.54, 1.807) is 24.3 Å². The van der Waals surface area contributed by atoms with Gasteiger partial charge in [0.15, 0.2) is 9.84 Å². The molecular weight excluding hydrogens is 518 g/mol. The first-order valence-corrected chi connectivity index (χ1v) is 15.5. The fraction of sp³-hybridized carbons (Fsp3) is 0.379. The molecule has 1 aromatic heterocycles. The molecule has 1 N–H and O–H groups in total. The zero-order valence-corrected chi connectivity index (χ0v) is 23.2. The maximum Gasteiger partial charge on any atom is 0.261 e. The summed E-state index contributed by atoms with van der Waals surface area (Å²) in [6.07, 6.45) is 3.72. The normalized spacial score (nSPS) is 17.9. The first-order chi connectivity index (χ1) is 18.2. The number of fused-ring (bicyclic) bond motifs is 2. The standard InChI is InChI=1S/C29H31N3O4S2/c1-20(23-7-3-21(18-30)4-8-23)32-14-12-29(13-15-32)27-24(11-16-36-29)17-26(37-27)28(33)31-19-22-5-9-25(10-6-22)38(2,34)35/h3-10,17,20H,11-16,19H2,1-2H3,(H,31,33)/t20-/m0/s1. The summed E-state index contributed by atoms with van der Waals surface area (Å²) >= 11 is 1.53. The molecular formula is C29H31N3O4S2. The van der Waals surface area contributed by atoms with Crippen LogP contribution in [0.25, 0.3) is 0 Å². The van der Waals surface area contributed by atoms with Crippen molar-refractivity contribution in [3.8, 4) is 6.07 Å². The van der Waals surface area contributed by atoms with E-state index in [1.807, 2.05) is 30.3 Å². The van der Waals surface area contributed by atoms with Crippen LogP contribution in [0, 0.1) is 11.3 Å². The van der Waals surface area contributed by atoms with Gasteiger partial charge in [-0.15, -0.1) is 11.3 Å². The number of amides is 1. The fourth-order valence-corrected chi connectivity index (χ4v) is 7.31. The number of nitriles is 1. The molecule has 3 heterocycles. The second-order valence-electron chi connectivity index (χ2n) is 10.1. The molecule has 5 rings (SSSR count). The number of thiophene rings is 1. The number of sulfone groups is 1. The van der Waals surface area contributed by atoms with Crippen LogP contribution in [-0.2, 0) is 33.1 Å². The van der Waals surface area contributed by atoms with Crippen molar-refractivity contribution in [2.75, 3.05) is 26.0 Å². The lowest BCUT2D eigenvalue weighted by atomic mass is 9.84. The number of nitrogens with one attached hydrogen (secondary N) is 1. The number of rotatable bonds is 6. The van der Waals surface area contributed by atoms with Crippen LogP contribution in [0.3, 0.4) is 0 Å². The van der Waals surface area contributed by atoms with Gasteiger partial charge in [0.25, 0.3) is 5.91 Å². The molecule has 0 saturated carbocycles. The Kier molecular flexibility index (Phi) is 7.43. The van der Waals surface area contributed by atoms with Crippen molar-refractivity contribution >= 4 is 27.1 Å². The maximum atomic E-state index is 13.0. The highest BCUT2D eigenvalue weighted by Crippen LogP contribution is 2.46. The van der Waals surface area contributed by atoms with E-state index in [0.717, 1.165) is 37.9 Å². The smallest absolute Gasteiger partial charge is 0.261 e. The Morgan fingerprint density at radius 2 is 1.84 bits per heavy atom. The highest BCUT2D eigenvalue weighted by molar-refractivity contribution is 7.90. The summed E-state index contributed by atoms with van der Waals surface area (Å²) in [5.74, 6) is -0.126. The Bertz CT molecular complexity index is 1460. The zero-order valence-electron chi connectivity index (χ0n) is 21.6. The van der Waals surface area contributed by atoms with E-state index in [1.165, 1.54) is 33.6 Å². The second-order valence-corrected chi connectivity index (χ2v) is 13.2. The van der Waals surface area contributed by atoms with Crippen LogP contribution in [0.2, 0.25) is 0 Å². The molecule has 198 valence electrons. The zero-order chi connectivity index (χ0) is 26.9.